The van der Waals surface area contributed by atoms with E-state index in [-0.39, 0.29) is 17.2 Å². The van der Waals surface area contributed by atoms with Crippen LogP contribution in [0, 0.1) is 5.92 Å². The Morgan fingerprint density at radius 3 is 2.76 bits per heavy atom. The average molecular weight is 307 g/mol. The molecule has 1 aromatic rings. The van der Waals surface area contributed by atoms with Gasteiger partial charge in [0, 0.05) is 6.20 Å². The molecule has 0 aliphatic heterocycles. The van der Waals surface area contributed by atoms with Gasteiger partial charge in [0.2, 0.25) is 0 Å². The van der Waals surface area contributed by atoms with Crippen LogP contribution >= 0.6 is 12.2 Å². The molecule has 4 N–H and O–H groups in total. The van der Waals surface area contributed by atoms with E-state index in [1.54, 1.807) is 0 Å². The number of carbonyl (C=O) groups excluding carboxylic acids is 1. The Labute approximate surface area is 129 Å². The third-order valence-electron chi connectivity index (χ3n) is 4.41. The van der Waals surface area contributed by atoms with E-state index >= 15 is 0 Å². The normalized spacial score (nSPS) is 25.3. The fourth-order valence-corrected chi connectivity index (χ4v) is 3.13. The van der Waals surface area contributed by atoms with Crippen molar-refractivity contribution in [3.8, 4) is 5.75 Å². The molecule has 0 unspecified atom stereocenters. The van der Waals surface area contributed by atoms with Crippen LogP contribution in [0.25, 0.3) is 0 Å². The molecule has 0 bridgehead atoms. The molecular weight excluding hydrogens is 286 g/mol. The second-order valence-electron chi connectivity index (χ2n) is 5.64. The first-order chi connectivity index (χ1) is 9.98. The lowest BCUT2D eigenvalue weighted by Crippen LogP contribution is -2.58. The van der Waals surface area contributed by atoms with Crippen LogP contribution in [0.15, 0.2) is 18.5 Å². The lowest BCUT2D eigenvalue weighted by atomic mass is 9.75. The Morgan fingerprint density at radius 1 is 1.57 bits per heavy atom. The first-order valence-electron chi connectivity index (χ1n) is 7.24. The molecule has 1 aromatic heterocycles. The maximum absolute atomic E-state index is 12.4. The summed E-state index contributed by atoms with van der Waals surface area (Å²) in [5, 5.41) is 12.7. The largest absolute Gasteiger partial charge is 0.505 e. The predicted octanol–water partition coefficient (Wildman–Crippen LogP) is 2.14. The van der Waals surface area contributed by atoms with Crippen molar-refractivity contribution in [2.75, 3.05) is 0 Å². The molecule has 2 rings (SSSR count). The van der Waals surface area contributed by atoms with Gasteiger partial charge >= 0.3 is 0 Å². The van der Waals surface area contributed by atoms with Crippen LogP contribution in [0.4, 0.5) is 0 Å². The van der Waals surface area contributed by atoms with E-state index in [1.165, 1.54) is 18.5 Å². The van der Waals surface area contributed by atoms with Gasteiger partial charge in [-0.3, -0.25) is 9.78 Å². The highest BCUT2D eigenvalue weighted by Gasteiger charge is 2.39. The maximum atomic E-state index is 12.4. The molecule has 1 aliphatic carbocycles. The summed E-state index contributed by atoms with van der Waals surface area (Å²) in [6, 6.07) is 1.48. The minimum absolute atomic E-state index is 0.143. The van der Waals surface area contributed by atoms with Crippen molar-refractivity contribution in [3.63, 3.8) is 0 Å². The predicted molar refractivity (Wildman–Crippen MR) is 85.1 cm³/mol. The summed E-state index contributed by atoms with van der Waals surface area (Å²) >= 11 is 5.19. The quantitative estimate of drug-likeness (QED) is 0.742. The van der Waals surface area contributed by atoms with Gasteiger partial charge in [0.15, 0.2) is 0 Å². The van der Waals surface area contributed by atoms with Crippen molar-refractivity contribution in [2.24, 2.45) is 11.7 Å². The molecule has 0 radical (unpaired) electrons. The van der Waals surface area contributed by atoms with Crippen molar-refractivity contribution in [1.82, 2.24) is 10.3 Å². The van der Waals surface area contributed by atoms with Crippen molar-refractivity contribution >= 4 is 23.1 Å². The second kappa shape index (κ2) is 6.39. The highest BCUT2D eigenvalue weighted by molar-refractivity contribution is 7.80. The standard InChI is InChI=1S/C15H21N3O2S/c1-2-10-3-6-15(7-4-10,14(16)21)18-13(20)11-5-8-17-9-12(11)19/h5,8-10,19H,2-4,6-7H2,1H3,(H2,16,21)(H,18,20). The number of aromatic hydroxyl groups is 1. The average Bonchev–Trinajstić information content (AvgIpc) is 2.48. The molecular formula is C15H21N3O2S. The number of hydrogen-bond acceptors (Lipinski definition) is 4. The second-order valence-corrected chi connectivity index (χ2v) is 6.08. The first kappa shape index (κ1) is 15.7. The highest BCUT2D eigenvalue weighted by atomic mass is 32.1. The molecule has 0 saturated heterocycles. The van der Waals surface area contributed by atoms with E-state index in [1.807, 2.05) is 0 Å². The van der Waals surface area contributed by atoms with E-state index in [0.717, 1.165) is 32.1 Å². The fraction of sp³-hybridized carbons (Fsp3) is 0.533. The summed E-state index contributed by atoms with van der Waals surface area (Å²) in [5.74, 6) is 0.159. The third-order valence-corrected chi connectivity index (χ3v) is 4.80. The minimum Gasteiger partial charge on any atom is -0.505 e. The smallest absolute Gasteiger partial charge is 0.255 e. The zero-order valence-corrected chi connectivity index (χ0v) is 12.9. The summed E-state index contributed by atoms with van der Waals surface area (Å²) < 4.78 is 0. The lowest BCUT2D eigenvalue weighted by molar-refractivity contribution is 0.0895. The van der Waals surface area contributed by atoms with Gasteiger partial charge in [0.05, 0.1) is 22.3 Å². The van der Waals surface area contributed by atoms with Crippen LogP contribution in [0.1, 0.15) is 49.4 Å². The number of hydrogen-bond donors (Lipinski definition) is 3. The van der Waals surface area contributed by atoms with Gasteiger partial charge in [-0.25, -0.2) is 0 Å². The molecule has 1 heterocycles. The van der Waals surface area contributed by atoms with Crippen molar-refractivity contribution in [2.45, 2.75) is 44.6 Å². The van der Waals surface area contributed by atoms with Crippen molar-refractivity contribution in [1.29, 1.82) is 0 Å². The van der Waals surface area contributed by atoms with Crippen molar-refractivity contribution < 1.29 is 9.90 Å². The van der Waals surface area contributed by atoms with Gasteiger partial charge in [-0.15, -0.1) is 0 Å². The van der Waals surface area contributed by atoms with E-state index in [2.05, 4.69) is 17.2 Å². The molecule has 1 fully saturated rings. The maximum Gasteiger partial charge on any atom is 0.255 e. The number of nitrogens with zero attached hydrogens (tertiary/aromatic N) is 1. The van der Waals surface area contributed by atoms with Crippen LogP contribution < -0.4 is 11.1 Å². The van der Waals surface area contributed by atoms with Gasteiger partial charge in [-0.1, -0.05) is 25.6 Å². The van der Waals surface area contributed by atoms with Gasteiger partial charge < -0.3 is 16.2 Å². The summed E-state index contributed by atoms with van der Waals surface area (Å²) in [7, 11) is 0. The van der Waals surface area contributed by atoms with Crippen molar-refractivity contribution in [3.05, 3.63) is 24.0 Å². The number of nitrogens with one attached hydrogen (secondary N) is 1. The summed E-state index contributed by atoms with van der Waals surface area (Å²) in [4.78, 5) is 16.5. The SMILES string of the molecule is CCC1CCC(NC(=O)c2ccncc2O)(C(N)=S)CC1. The Balaban J connectivity index is 2.16. The summed E-state index contributed by atoms with van der Waals surface area (Å²) in [6.07, 6.45) is 7.34. The fourth-order valence-electron chi connectivity index (χ4n) is 2.87. The lowest BCUT2D eigenvalue weighted by Gasteiger charge is -2.40. The van der Waals surface area contributed by atoms with Crippen LogP contribution in [0.2, 0.25) is 0 Å². The summed E-state index contributed by atoms with van der Waals surface area (Å²) in [5.41, 5.74) is 5.44. The van der Waals surface area contributed by atoms with Crippen LogP contribution in [-0.4, -0.2) is 26.5 Å². The number of thiocarbonyl (C=S) groups is 1. The van der Waals surface area contributed by atoms with E-state index in [4.69, 9.17) is 18.0 Å². The van der Waals surface area contributed by atoms with Crippen LogP contribution in [0.3, 0.4) is 0 Å². The number of pyridine rings is 1. The molecule has 0 spiro atoms. The van der Waals surface area contributed by atoms with E-state index < -0.39 is 5.54 Å². The van der Waals surface area contributed by atoms with E-state index in [9.17, 15) is 9.90 Å². The number of nitrogens with two attached hydrogens (primary N) is 1. The molecule has 5 nitrogen and oxygen atoms in total. The van der Waals surface area contributed by atoms with E-state index in [0.29, 0.717) is 10.9 Å². The molecule has 1 saturated carbocycles. The van der Waals surface area contributed by atoms with Gasteiger partial charge in [-0.2, -0.15) is 0 Å². The Bertz CT molecular complexity index is 539. The molecule has 1 amide bonds. The zero-order valence-electron chi connectivity index (χ0n) is 12.1. The Kier molecular flexibility index (Phi) is 4.77. The van der Waals surface area contributed by atoms with Gasteiger partial charge in [-0.05, 0) is 37.7 Å². The molecule has 1 aliphatic rings. The van der Waals surface area contributed by atoms with Gasteiger partial charge in [0.25, 0.3) is 5.91 Å². The number of rotatable bonds is 4. The monoisotopic (exact) mass is 307 g/mol. The van der Waals surface area contributed by atoms with Gasteiger partial charge in [0.1, 0.15) is 5.75 Å². The third kappa shape index (κ3) is 3.32. The Morgan fingerprint density at radius 2 is 2.24 bits per heavy atom. The zero-order chi connectivity index (χ0) is 15.5. The molecule has 0 atom stereocenters. The topological polar surface area (TPSA) is 88.2 Å². The molecule has 6 heteroatoms. The minimum atomic E-state index is -0.645. The first-order valence-corrected chi connectivity index (χ1v) is 7.64. The van der Waals surface area contributed by atoms with Crippen LogP contribution in [-0.2, 0) is 0 Å². The number of aromatic nitrogens is 1. The molecule has 21 heavy (non-hydrogen) atoms. The summed E-state index contributed by atoms with van der Waals surface area (Å²) in [6.45, 7) is 2.17. The highest BCUT2D eigenvalue weighted by Crippen LogP contribution is 2.34. The number of carbonyl (C=O) groups is 1. The number of amides is 1. The molecule has 0 aromatic carbocycles. The molecule has 114 valence electrons. The van der Waals surface area contributed by atoms with Crippen LogP contribution in [0.5, 0.6) is 5.75 Å². The Hall–Kier alpha value is -1.69.